The Balaban J connectivity index is -0.0000000112. The van der Waals surface area contributed by atoms with E-state index >= 15 is 0 Å². The molecule has 3 nitrogen and oxygen atoms in total. The van der Waals surface area contributed by atoms with Crippen molar-refractivity contribution in [1.29, 1.82) is 0 Å². The molecule has 0 aromatic carbocycles. The zero-order chi connectivity index (χ0) is 7.15. The van der Waals surface area contributed by atoms with Gasteiger partial charge in [-0.05, 0) is 0 Å². The van der Waals surface area contributed by atoms with Crippen molar-refractivity contribution in [3.05, 3.63) is 0 Å². The summed E-state index contributed by atoms with van der Waals surface area (Å²) in [6.45, 7) is 6.81. The third-order valence-electron chi connectivity index (χ3n) is 0. The van der Waals surface area contributed by atoms with Gasteiger partial charge in [0.15, 0.2) is 0 Å². The van der Waals surface area contributed by atoms with Crippen LogP contribution in [0.2, 0.25) is 19.6 Å². The van der Waals surface area contributed by atoms with Gasteiger partial charge in [0.2, 0.25) is 0 Å². The Kier molecular flexibility index (Phi) is 39.4. The van der Waals surface area contributed by atoms with Gasteiger partial charge >= 0.3 is 66.4 Å². The number of hydrogen-bond donors (Lipinski definition) is 3. The van der Waals surface area contributed by atoms with Gasteiger partial charge in [-0.25, -0.2) is 0 Å². The zero-order valence-electron chi connectivity index (χ0n) is 9.42. The van der Waals surface area contributed by atoms with Crippen LogP contribution in [0, 0.1) is 0 Å². The van der Waals surface area contributed by atoms with Crippen LogP contribution in [0.3, 0.4) is 0 Å². The molecule has 1 radical (unpaired) electrons. The van der Waals surface area contributed by atoms with Crippen molar-refractivity contribution >= 4 is 16.1 Å². The van der Waals surface area contributed by atoms with Crippen molar-refractivity contribution in [1.82, 2.24) is 0 Å². The predicted molar refractivity (Wildman–Crippen MR) is 38.0 cm³/mol. The van der Waals surface area contributed by atoms with E-state index in [1.54, 1.807) is 0 Å². The minimum atomic E-state index is -2.17. The normalized spacial score (nSPS) is 6.30. The van der Waals surface area contributed by atoms with Crippen molar-refractivity contribution < 1.29 is 77.0 Å². The van der Waals surface area contributed by atoms with Crippen LogP contribution >= 0.6 is 0 Å². The summed E-state index contributed by atoms with van der Waals surface area (Å²) in [5, 5.41) is 21.5. The summed E-state index contributed by atoms with van der Waals surface area (Å²) in [5.74, 6) is 0. The topological polar surface area (TPSA) is 60.7 Å². The molecule has 0 aliphatic carbocycles. The molecule has 0 aliphatic heterocycles. The van der Waals surface area contributed by atoms with E-state index < -0.39 is 7.32 Å². The summed E-state index contributed by atoms with van der Waals surface area (Å²) in [6.07, 6.45) is 0. The van der Waals surface area contributed by atoms with Crippen LogP contribution < -0.4 is 59.1 Å². The third kappa shape index (κ3) is 183. The predicted octanol–water partition coefficient (Wildman–Crippen LogP) is -6.45. The maximum Gasteiger partial charge on any atom is 1.00 e. The van der Waals surface area contributed by atoms with Crippen molar-refractivity contribution in [2.45, 2.75) is 19.6 Å². The van der Waals surface area contributed by atoms with Gasteiger partial charge in [-0.2, -0.15) is 0 Å². The van der Waals surface area contributed by atoms with Gasteiger partial charge in [0.25, 0.3) is 0 Å². The fourth-order valence-corrected chi connectivity index (χ4v) is 0. The second-order valence-electron chi connectivity index (χ2n) is 1.85. The van der Waals surface area contributed by atoms with E-state index in [1.807, 2.05) is 0 Å². The molecular formula is C3H14BNa2O3Si. The van der Waals surface area contributed by atoms with Crippen LogP contribution in [0.4, 0.5) is 0 Å². The molecule has 0 atom stereocenters. The summed E-state index contributed by atoms with van der Waals surface area (Å²) in [4.78, 5) is 0. The van der Waals surface area contributed by atoms with Crippen molar-refractivity contribution in [3.63, 3.8) is 0 Å². The molecule has 53 valence electrons. The van der Waals surface area contributed by atoms with Crippen LogP contribution in [-0.4, -0.2) is 31.2 Å². The molecule has 0 aliphatic rings. The molecular weight excluding hydrogens is 169 g/mol. The Labute approximate surface area is 112 Å². The van der Waals surface area contributed by atoms with Gasteiger partial charge in [-0.15, -0.1) is 0 Å². The molecule has 3 N–H and O–H groups in total. The van der Waals surface area contributed by atoms with E-state index in [2.05, 4.69) is 19.6 Å². The molecule has 0 aromatic rings. The maximum absolute atomic E-state index is 7.17. The molecule has 0 bridgehead atoms. The quantitative estimate of drug-likeness (QED) is 0.327. The van der Waals surface area contributed by atoms with E-state index in [0.717, 1.165) is 0 Å². The van der Waals surface area contributed by atoms with Crippen LogP contribution in [0.5, 0.6) is 0 Å². The fraction of sp³-hybridized carbons (Fsp3) is 1.00. The molecule has 0 rings (SSSR count). The van der Waals surface area contributed by atoms with E-state index in [-0.39, 0.29) is 70.8 Å². The van der Waals surface area contributed by atoms with Crippen molar-refractivity contribution in [3.8, 4) is 0 Å². The van der Waals surface area contributed by atoms with Crippen LogP contribution in [0.25, 0.3) is 0 Å². The Morgan fingerprint density at radius 3 is 1.00 bits per heavy atom. The molecule has 0 saturated heterocycles. The van der Waals surface area contributed by atoms with Gasteiger partial charge in [-0.1, -0.05) is 19.6 Å². The SMILES string of the molecule is C[Si](C)C.OB(O)O.[H-].[H-].[Na+].[Na+]. The van der Waals surface area contributed by atoms with Gasteiger partial charge in [-0.3, -0.25) is 0 Å². The summed E-state index contributed by atoms with van der Waals surface area (Å²) in [7, 11) is -2.05. The molecule has 10 heavy (non-hydrogen) atoms. The summed E-state index contributed by atoms with van der Waals surface area (Å²) in [6, 6.07) is 0. The Morgan fingerprint density at radius 2 is 1.00 bits per heavy atom. The average molecular weight is 183 g/mol. The molecule has 0 unspecified atom stereocenters. The molecule has 0 saturated carbocycles. The van der Waals surface area contributed by atoms with Gasteiger partial charge in [0.05, 0.1) is 0 Å². The maximum atomic E-state index is 7.17. The smallest absolute Gasteiger partial charge is 1.00 e. The minimum Gasteiger partial charge on any atom is -1.00 e. The van der Waals surface area contributed by atoms with E-state index in [1.165, 1.54) is 0 Å². The van der Waals surface area contributed by atoms with Gasteiger partial charge in [0, 0.05) is 8.80 Å². The molecule has 0 heterocycles. The Morgan fingerprint density at radius 1 is 1.00 bits per heavy atom. The Bertz CT molecular complexity index is 45.0. The first-order valence-electron chi connectivity index (χ1n) is 2.27. The van der Waals surface area contributed by atoms with Crippen LogP contribution in [0.1, 0.15) is 2.85 Å². The largest absolute Gasteiger partial charge is 1.00 e. The van der Waals surface area contributed by atoms with Gasteiger partial charge in [0.1, 0.15) is 0 Å². The molecule has 0 spiro atoms. The molecule has 0 fully saturated rings. The van der Waals surface area contributed by atoms with E-state index in [0.29, 0.717) is 0 Å². The first-order chi connectivity index (χ1) is 3.46. The molecule has 7 heteroatoms. The van der Waals surface area contributed by atoms with Crippen LogP contribution in [-0.2, 0) is 0 Å². The second-order valence-corrected chi connectivity index (χ2v) is 4.85. The molecule has 0 aromatic heterocycles. The Hall–Kier alpha value is 2.16. The minimum absolute atomic E-state index is 0. The zero-order valence-corrected chi connectivity index (χ0v) is 12.4. The van der Waals surface area contributed by atoms with Gasteiger partial charge < -0.3 is 17.9 Å². The van der Waals surface area contributed by atoms with E-state index in [9.17, 15) is 0 Å². The second kappa shape index (κ2) is 17.3. The summed E-state index contributed by atoms with van der Waals surface area (Å²) in [5.41, 5.74) is 0. The van der Waals surface area contributed by atoms with E-state index in [4.69, 9.17) is 15.1 Å². The average Bonchev–Trinajstić information content (AvgIpc) is 1.25. The number of rotatable bonds is 0. The summed E-state index contributed by atoms with van der Waals surface area (Å²) < 4.78 is 0. The first-order valence-corrected chi connectivity index (χ1v) is 5.27. The number of hydrogen-bond acceptors (Lipinski definition) is 3. The molecule has 0 amide bonds. The van der Waals surface area contributed by atoms with Crippen molar-refractivity contribution in [2.24, 2.45) is 0 Å². The third-order valence-corrected chi connectivity index (χ3v) is 0. The van der Waals surface area contributed by atoms with Crippen molar-refractivity contribution in [2.75, 3.05) is 0 Å². The fourth-order valence-electron chi connectivity index (χ4n) is 0. The first kappa shape index (κ1) is 22.7. The van der Waals surface area contributed by atoms with Crippen LogP contribution in [0.15, 0.2) is 0 Å². The monoisotopic (exact) mass is 183 g/mol. The summed E-state index contributed by atoms with van der Waals surface area (Å²) >= 11 is 0. The standard InChI is InChI=1S/C3H9Si.BH3O3.2Na.2H/c1-4(2)3;2-1(3)4;;;;/h1-3H3;2-4H;;;;/q;;2*+1;2*-1.